The number of nitro benzene ring substituents is 6. The summed E-state index contributed by atoms with van der Waals surface area (Å²) < 4.78 is 7.35. The maximum atomic E-state index is 12.3. The minimum atomic E-state index is -3.09. The van der Waals surface area contributed by atoms with E-state index in [1.165, 1.54) is 0 Å². The zero-order chi connectivity index (χ0) is 33.1. The van der Waals surface area contributed by atoms with Gasteiger partial charge in [-0.25, -0.2) is 0 Å². The Hall–Kier alpha value is -2.31. The molecule has 2 rings (SSSR count). The van der Waals surface area contributed by atoms with E-state index < -0.39 is 156 Å². The van der Waals surface area contributed by atoms with Crippen molar-refractivity contribution >= 4 is 188 Å². The number of aromatic hydroxyl groups is 4. The van der Waals surface area contributed by atoms with Crippen LogP contribution in [0.1, 0.15) is 0 Å². The summed E-state index contributed by atoms with van der Waals surface area (Å²) in [7, 11) is 0. The molecule has 0 radical (unpaired) electrons. The normalized spacial score (nSPS) is 9.78. The monoisotopic (exact) mass is 1020 g/mol. The molecule has 0 atom stereocenters. The van der Waals surface area contributed by atoms with Crippen LogP contribution in [-0.4, -0.2) is 204 Å². The number of esters is 2. The quantitative estimate of drug-likeness (QED) is 0.0663. The number of nitro groups is 6. The number of benzene rings is 2. The van der Waals surface area contributed by atoms with Crippen LogP contribution in [0.2, 0.25) is 1.78 Å². The predicted octanol–water partition coefficient (Wildman–Crippen LogP) is -0.822. The second-order valence-electron chi connectivity index (χ2n) is 7.49. The van der Waals surface area contributed by atoms with Crippen molar-refractivity contribution in [3.8, 4) is 34.5 Å². The first-order valence-corrected chi connectivity index (χ1v) is 16.6. The summed E-state index contributed by atoms with van der Waals surface area (Å²) in [5.41, 5.74) is -11.1. The molecule has 0 aliphatic rings. The van der Waals surface area contributed by atoms with Gasteiger partial charge in [0.1, 0.15) is 0 Å². The average molecular weight is 1020 g/mol. The molecule has 0 fully saturated rings. The number of ether oxygens (including phenoxy) is 2. The number of hydrogen-bond acceptors (Lipinski definition) is 20. The Morgan fingerprint density at radius 3 is 0.867 bits per heavy atom. The Labute approximate surface area is 348 Å². The molecule has 2 aromatic rings. The first kappa shape index (κ1) is 42.7. The van der Waals surface area contributed by atoms with Crippen LogP contribution < -0.4 is 9.47 Å². The zero-order valence-corrected chi connectivity index (χ0v) is 24.6. The number of rotatable bonds is 12. The predicted molar refractivity (Wildman–Crippen MR) is 143 cm³/mol. The fourth-order valence-electron chi connectivity index (χ4n) is 3.25. The second kappa shape index (κ2) is 17.6. The Kier molecular flexibility index (Phi) is 16.7. The molecule has 0 saturated carbocycles. The van der Waals surface area contributed by atoms with Gasteiger partial charge in [0, 0.05) is 0 Å². The molecule has 0 bridgehead atoms. The van der Waals surface area contributed by atoms with Crippen LogP contribution in [-0.2, 0) is 9.59 Å². The van der Waals surface area contributed by atoms with E-state index in [0.717, 1.165) is 0 Å². The van der Waals surface area contributed by atoms with E-state index in [9.17, 15) is 90.7 Å². The molecule has 0 unspecified atom stereocenters. The van der Waals surface area contributed by atoms with Crippen molar-refractivity contribution in [2.45, 2.75) is 1.78 Å². The molecule has 0 heterocycles. The number of phenols is 4. The van der Waals surface area contributed by atoms with Crippen LogP contribution in [0, 0.1) is 60.7 Å². The van der Waals surface area contributed by atoms with E-state index >= 15 is 0 Å². The molecule has 0 amide bonds. The Balaban J connectivity index is 0.00000968. The Morgan fingerprint density at radius 2 is 0.689 bits per heavy atom. The molecule has 0 aliphatic heterocycles. The van der Waals surface area contributed by atoms with Crippen LogP contribution in [0.3, 0.4) is 0 Å². The molecule has 29 heteroatoms. The third-order valence-electron chi connectivity index (χ3n) is 4.94. The van der Waals surface area contributed by atoms with Crippen molar-refractivity contribution in [2.24, 2.45) is 0 Å². The van der Waals surface area contributed by atoms with Gasteiger partial charge in [0.15, 0.2) is 0 Å². The number of hydrogen-bond donors (Lipinski definition) is 4. The molecule has 0 spiro atoms. The van der Waals surface area contributed by atoms with Crippen molar-refractivity contribution < 1.29 is 69.0 Å². The van der Waals surface area contributed by atoms with E-state index in [4.69, 9.17) is 0 Å². The fourth-order valence-corrected chi connectivity index (χ4v) is 6.26. The van der Waals surface area contributed by atoms with Gasteiger partial charge in [0.25, 0.3) is 0 Å². The van der Waals surface area contributed by atoms with Crippen molar-refractivity contribution in [1.29, 1.82) is 0 Å². The van der Waals surface area contributed by atoms with E-state index in [2.05, 4.69) is 9.47 Å². The van der Waals surface area contributed by atoms with E-state index in [-0.39, 0.29) is 97.8 Å². The van der Waals surface area contributed by atoms with Crippen LogP contribution in [0.25, 0.3) is 0 Å². The van der Waals surface area contributed by atoms with Gasteiger partial charge in [-0.05, 0) is 0 Å². The van der Waals surface area contributed by atoms with Crippen molar-refractivity contribution in [3.63, 3.8) is 0 Å². The third-order valence-corrected chi connectivity index (χ3v) is 9.73. The molecule has 26 nitrogen and oxygen atoms in total. The number of carbonyl (C=O) groups is 2. The van der Waals surface area contributed by atoms with Crippen LogP contribution in [0.4, 0.5) is 34.1 Å². The molecule has 0 saturated heterocycles. The summed E-state index contributed by atoms with van der Waals surface area (Å²) in [6.45, 7) is 0. The van der Waals surface area contributed by atoms with Crippen LogP contribution >= 0.6 is 0 Å². The van der Waals surface area contributed by atoms with Gasteiger partial charge in [0.05, 0.1) is 0 Å². The summed E-state index contributed by atoms with van der Waals surface area (Å²) in [5, 5.41) is 107. The fraction of sp³-hybridized carbons (Fsp3) is 0.125. The first-order valence-electron chi connectivity index (χ1n) is 10.4. The van der Waals surface area contributed by atoms with Crippen LogP contribution in [0.15, 0.2) is 0 Å². The molecule has 45 heavy (non-hydrogen) atoms. The molecular formula is C16H12Ba3N6O20. The summed E-state index contributed by atoms with van der Waals surface area (Å²) in [6.07, 6.45) is 0. The molecular weight excluding hydrogens is 1010 g/mol. The summed E-state index contributed by atoms with van der Waals surface area (Å²) >= 11 is -3.09. The van der Waals surface area contributed by atoms with E-state index in [0.29, 0.717) is 0 Å². The van der Waals surface area contributed by atoms with Gasteiger partial charge in [0.2, 0.25) is 0 Å². The van der Waals surface area contributed by atoms with Crippen molar-refractivity contribution in [3.05, 3.63) is 60.7 Å². The van der Waals surface area contributed by atoms with Gasteiger partial charge in [-0.2, -0.15) is 0 Å². The van der Waals surface area contributed by atoms with Gasteiger partial charge in [-0.15, -0.1) is 0 Å². The Morgan fingerprint density at radius 1 is 0.489 bits per heavy atom. The topological polar surface area (TPSA) is 392 Å². The molecule has 232 valence electrons. The molecule has 0 aromatic heterocycles. The zero-order valence-electron chi connectivity index (χ0n) is 20.1. The van der Waals surface area contributed by atoms with E-state index in [1.807, 2.05) is 0 Å². The van der Waals surface area contributed by atoms with Crippen molar-refractivity contribution in [2.75, 3.05) is 0 Å². The van der Waals surface area contributed by atoms with Crippen LogP contribution in [0.5, 0.6) is 34.5 Å². The molecule has 4 N–H and O–H groups in total. The summed E-state index contributed by atoms with van der Waals surface area (Å²) in [6, 6.07) is 0. The maximum absolute atomic E-state index is 12.3. The third kappa shape index (κ3) is 9.38. The standard InChI is InChI=1S/2C8H4N3O10.3Ba.4H/c2*1-2(12)21-8-4(10(17)18)6(13)3(9(15)16)7(14)5(8)11(19)20;;;;;;;/h2*13-14H,1H2;;;;;;;. The number of phenolic OH excluding ortho intramolecular Hbond substituents is 4. The Bertz CT molecular complexity index is 1460. The van der Waals surface area contributed by atoms with Crippen molar-refractivity contribution in [1.82, 2.24) is 0 Å². The second-order valence-corrected chi connectivity index (χ2v) is 12.8. The SMILES string of the molecule is O=C([CH2][Ba][CH2]C(=O)Oc1c([N+](=O)[O-])c(O)c([N+](=O)[O-])c(O)c1[N+](=O)[O-])Oc1c([N+](=O)[O-])c(O)c([N+](=O)[O-])c(O)c1[N+](=O)[O-].[BaH2].[BaH2]. The number of nitrogens with zero attached hydrogens (tertiary/aromatic N) is 6. The molecule has 2 aromatic carbocycles. The minimum absolute atomic E-state index is 0. The van der Waals surface area contributed by atoms with E-state index in [1.54, 1.807) is 0 Å². The van der Waals surface area contributed by atoms with Gasteiger partial charge >= 0.3 is 354 Å². The van der Waals surface area contributed by atoms with Gasteiger partial charge in [-0.1, -0.05) is 0 Å². The first-order chi connectivity index (χ1) is 19.8. The summed E-state index contributed by atoms with van der Waals surface area (Å²) in [4.78, 5) is 82.3. The summed E-state index contributed by atoms with van der Waals surface area (Å²) in [5.74, 6) is -14.2. The molecule has 0 aliphatic carbocycles. The van der Waals surface area contributed by atoms with Gasteiger partial charge in [-0.3, -0.25) is 0 Å². The average Bonchev–Trinajstić information content (AvgIpc) is 2.82. The van der Waals surface area contributed by atoms with Gasteiger partial charge < -0.3 is 0 Å². The number of carbonyl (C=O) groups excluding carboxylic acids is 2.